The van der Waals surface area contributed by atoms with Crippen LogP contribution in [0.3, 0.4) is 0 Å². The molecule has 1 heterocycles. The molecule has 1 fully saturated rings. The van der Waals surface area contributed by atoms with Crippen LogP contribution in [0.2, 0.25) is 0 Å². The highest BCUT2D eigenvalue weighted by Crippen LogP contribution is 2.31. The van der Waals surface area contributed by atoms with Crippen LogP contribution >= 0.6 is 12.6 Å². The van der Waals surface area contributed by atoms with Crippen LogP contribution in [0.5, 0.6) is 0 Å². The molecule has 11 heteroatoms. The van der Waals surface area contributed by atoms with Gasteiger partial charge in [0.1, 0.15) is 6.04 Å². The van der Waals surface area contributed by atoms with E-state index >= 15 is 0 Å². The predicted octanol–water partition coefficient (Wildman–Crippen LogP) is 5.46. The number of benzene rings is 4. The maximum Gasteiger partial charge on any atom is 0.405 e. The van der Waals surface area contributed by atoms with E-state index in [9.17, 15) is 23.1 Å². The fourth-order valence-corrected chi connectivity index (χ4v) is 6.91. The number of sulfone groups is 1. The number of carbonyl (C=O) groups excluding carboxylic acids is 1. The summed E-state index contributed by atoms with van der Waals surface area (Å²) in [5.74, 6) is -1.02. The molecule has 2 amide bonds. The minimum Gasteiger partial charge on any atom is -0.465 e. The Morgan fingerprint density at radius 2 is 1.47 bits per heavy atom. The summed E-state index contributed by atoms with van der Waals surface area (Å²) in [4.78, 5) is 26.1. The van der Waals surface area contributed by atoms with Crippen molar-refractivity contribution < 1.29 is 27.9 Å². The van der Waals surface area contributed by atoms with Crippen molar-refractivity contribution in [2.45, 2.75) is 47.2 Å². The lowest BCUT2D eigenvalue weighted by molar-refractivity contribution is -0.118. The van der Waals surface area contributed by atoms with Gasteiger partial charge in [-0.15, -0.1) is 0 Å². The van der Waals surface area contributed by atoms with E-state index < -0.39 is 33.8 Å². The Morgan fingerprint density at radius 1 is 0.872 bits per heavy atom. The molecule has 0 bridgehead atoms. The summed E-state index contributed by atoms with van der Waals surface area (Å²) in [6.45, 7) is 1.26. The predicted molar refractivity (Wildman–Crippen MR) is 186 cm³/mol. The van der Waals surface area contributed by atoms with Crippen LogP contribution in [0.25, 0.3) is 0 Å². The number of morpholine rings is 1. The van der Waals surface area contributed by atoms with Gasteiger partial charge in [-0.3, -0.25) is 4.79 Å². The summed E-state index contributed by atoms with van der Waals surface area (Å²) < 4.78 is 30.1. The van der Waals surface area contributed by atoms with E-state index in [1.807, 2.05) is 84.9 Å². The number of rotatable bonds is 12. The molecule has 0 saturated carbocycles. The lowest BCUT2D eigenvalue weighted by atomic mass is 9.84. The summed E-state index contributed by atoms with van der Waals surface area (Å²) in [5.41, 5.74) is 4.00. The Hall–Kier alpha value is -4.16. The summed E-state index contributed by atoms with van der Waals surface area (Å²) in [6.07, 6.45) is 0.808. The molecule has 246 valence electrons. The van der Waals surface area contributed by atoms with Crippen molar-refractivity contribution in [2.24, 2.45) is 0 Å². The molecule has 47 heavy (non-hydrogen) atoms. The van der Waals surface area contributed by atoms with Gasteiger partial charge in [-0.2, -0.15) is 12.6 Å². The molecule has 1 unspecified atom stereocenters. The summed E-state index contributed by atoms with van der Waals surface area (Å²) in [5, 5.41) is 18.4. The molecular formula is C36H39N3O6S2. The molecule has 1 saturated heterocycles. The van der Waals surface area contributed by atoms with Crippen LogP contribution in [-0.2, 0) is 25.8 Å². The number of ether oxygens (including phenoxy) is 1. The van der Waals surface area contributed by atoms with E-state index in [1.54, 1.807) is 24.3 Å². The number of amides is 2. The molecular weight excluding hydrogens is 635 g/mol. The third-order valence-electron chi connectivity index (χ3n) is 8.31. The number of carbonyl (C=O) groups is 2. The highest BCUT2D eigenvalue weighted by molar-refractivity contribution is 7.90. The lowest BCUT2D eigenvalue weighted by Crippen LogP contribution is -2.47. The first kappa shape index (κ1) is 34.2. The number of para-hydroxylation sites is 1. The van der Waals surface area contributed by atoms with Crippen molar-refractivity contribution in [1.29, 1.82) is 0 Å². The topological polar surface area (TPSA) is 134 Å². The molecule has 0 aliphatic carbocycles. The summed E-state index contributed by atoms with van der Waals surface area (Å²) in [6, 6.07) is 31.9. The first-order chi connectivity index (χ1) is 22.6. The fraction of sp³-hybridized carbons (Fsp3) is 0.278. The van der Waals surface area contributed by atoms with Crippen molar-refractivity contribution in [3.05, 3.63) is 131 Å². The summed E-state index contributed by atoms with van der Waals surface area (Å²) in [7, 11) is -3.29. The van der Waals surface area contributed by atoms with Crippen LogP contribution in [-0.4, -0.2) is 63.1 Å². The Morgan fingerprint density at radius 3 is 2.06 bits per heavy atom. The van der Waals surface area contributed by atoms with E-state index in [2.05, 4.69) is 16.0 Å². The minimum atomic E-state index is -3.29. The quantitative estimate of drug-likeness (QED) is 0.126. The Balaban J connectivity index is 1.28. The van der Waals surface area contributed by atoms with Gasteiger partial charge in [-0.05, 0) is 53.3 Å². The Kier molecular flexibility index (Phi) is 11.4. The number of nitrogens with one attached hydrogen (secondary N) is 3. The van der Waals surface area contributed by atoms with Gasteiger partial charge in [0, 0.05) is 31.0 Å². The van der Waals surface area contributed by atoms with Gasteiger partial charge >= 0.3 is 6.09 Å². The van der Waals surface area contributed by atoms with E-state index in [0.29, 0.717) is 31.6 Å². The summed E-state index contributed by atoms with van der Waals surface area (Å²) >= 11 is 4.80. The average Bonchev–Trinajstić information content (AvgIpc) is 3.08. The standard InChI is InChI=1S/C36H39N3O6S2/c1-47(43,44)29-20-17-27(18-21-29)34(46)31-23-37-22-28(45-31)19-16-24-10-8-9-15-30(24)38-35(40)33(39-36(41)42)32(25-11-4-2-5-12-25)26-13-6-3-7-14-26/h2-15,17-18,20-21,28,31-34,37,39,46H,16,19,22-23H2,1H3,(H,38,40)(H,41,42)/t28-,31+,33+,34?/m1/s1. The van der Waals surface area contributed by atoms with E-state index in [-0.39, 0.29) is 22.4 Å². The van der Waals surface area contributed by atoms with Crippen LogP contribution in [0.15, 0.2) is 114 Å². The van der Waals surface area contributed by atoms with Gasteiger partial charge < -0.3 is 25.8 Å². The molecule has 1 aliphatic rings. The third kappa shape index (κ3) is 9.01. The largest absolute Gasteiger partial charge is 0.465 e. The second-order valence-electron chi connectivity index (χ2n) is 11.7. The molecule has 0 aromatic heterocycles. The van der Waals surface area contributed by atoms with E-state index in [4.69, 9.17) is 17.4 Å². The number of anilines is 1. The number of aryl methyl sites for hydroxylation is 1. The Bertz CT molecular complexity index is 1720. The van der Waals surface area contributed by atoms with Crippen LogP contribution in [0.1, 0.15) is 39.8 Å². The highest BCUT2D eigenvalue weighted by atomic mass is 32.2. The SMILES string of the molecule is CS(=O)(=O)c1ccc(C(S)[C@@H]2CNC[C@@H](CCc3ccccc3NC(=O)[C@@H](NC(=O)O)C(c3ccccc3)c3ccccc3)O2)cc1. The molecule has 4 atom stereocenters. The normalized spacial score (nSPS) is 17.9. The van der Waals surface area contributed by atoms with Crippen LogP contribution in [0.4, 0.5) is 10.5 Å². The minimum absolute atomic E-state index is 0.121. The first-order valence-corrected chi connectivity index (χ1v) is 17.8. The molecule has 5 rings (SSSR count). The first-order valence-electron chi connectivity index (χ1n) is 15.4. The van der Waals surface area contributed by atoms with Gasteiger partial charge in [0.25, 0.3) is 0 Å². The van der Waals surface area contributed by atoms with Crippen molar-refractivity contribution in [3.8, 4) is 0 Å². The van der Waals surface area contributed by atoms with Crippen molar-refractivity contribution in [3.63, 3.8) is 0 Å². The smallest absolute Gasteiger partial charge is 0.405 e. The van der Waals surface area contributed by atoms with E-state index in [1.165, 1.54) is 6.26 Å². The number of hydrogen-bond acceptors (Lipinski definition) is 7. The van der Waals surface area contributed by atoms with Crippen molar-refractivity contribution >= 4 is 40.2 Å². The molecule has 0 spiro atoms. The van der Waals surface area contributed by atoms with Gasteiger partial charge in [-0.1, -0.05) is 91.0 Å². The molecule has 4 aromatic carbocycles. The molecule has 4 aromatic rings. The van der Waals surface area contributed by atoms with Gasteiger partial charge in [0.05, 0.1) is 22.4 Å². The average molecular weight is 674 g/mol. The molecule has 9 nitrogen and oxygen atoms in total. The van der Waals surface area contributed by atoms with Crippen LogP contribution < -0.4 is 16.0 Å². The van der Waals surface area contributed by atoms with Crippen molar-refractivity contribution in [2.75, 3.05) is 24.7 Å². The second-order valence-corrected chi connectivity index (χ2v) is 14.2. The zero-order chi connectivity index (χ0) is 33.4. The number of hydrogen-bond donors (Lipinski definition) is 5. The highest BCUT2D eigenvalue weighted by Gasteiger charge is 2.33. The number of carboxylic acid groups (broad SMARTS) is 1. The van der Waals surface area contributed by atoms with Crippen molar-refractivity contribution in [1.82, 2.24) is 10.6 Å². The second kappa shape index (κ2) is 15.6. The maximum atomic E-state index is 13.9. The third-order valence-corrected chi connectivity index (χ3v) is 10.1. The lowest BCUT2D eigenvalue weighted by Gasteiger charge is -2.34. The zero-order valence-corrected chi connectivity index (χ0v) is 27.7. The van der Waals surface area contributed by atoms with Gasteiger partial charge in [0.2, 0.25) is 5.91 Å². The van der Waals surface area contributed by atoms with Gasteiger partial charge in [-0.25, -0.2) is 13.2 Å². The van der Waals surface area contributed by atoms with E-state index in [0.717, 1.165) is 22.3 Å². The monoisotopic (exact) mass is 673 g/mol. The molecule has 1 aliphatic heterocycles. The van der Waals surface area contributed by atoms with Gasteiger partial charge in [0.15, 0.2) is 9.84 Å². The molecule has 0 radical (unpaired) electrons. The molecule has 4 N–H and O–H groups in total. The maximum absolute atomic E-state index is 13.9. The Labute approximate surface area is 281 Å². The van der Waals surface area contributed by atoms with Crippen LogP contribution in [0, 0.1) is 0 Å². The zero-order valence-electron chi connectivity index (χ0n) is 26.0. The number of thiol groups is 1. The fourth-order valence-electron chi connectivity index (χ4n) is 5.93.